The summed E-state index contributed by atoms with van der Waals surface area (Å²) < 4.78 is 0. The monoisotopic (exact) mass is 113 g/mol. The van der Waals surface area contributed by atoms with E-state index in [2.05, 4.69) is 0 Å². The van der Waals surface area contributed by atoms with Crippen molar-refractivity contribution in [3.05, 3.63) is 0 Å². The molecule has 1 unspecified atom stereocenters. The number of hydrogen-bond donors (Lipinski definition) is 1. The summed E-state index contributed by atoms with van der Waals surface area (Å²) in [5.41, 5.74) is -0.514. The SMILES string of the molecule is CCC(C)(C#N)CO. The molecular formula is C6H11NO. The molecule has 8 heavy (non-hydrogen) atoms. The first-order valence-electron chi connectivity index (χ1n) is 2.70. The summed E-state index contributed by atoms with van der Waals surface area (Å²) in [6.07, 6.45) is 0.708. The molecule has 0 amide bonds. The second-order valence-corrected chi connectivity index (χ2v) is 2.18. The molecule has 0 fully saturated rings. The average Bonchev–Trinajstić information content (AvgIpc) is 1.87. The van der Waals surface area contributed by atoms with Crippen molar-refractivity contribution in [2.75, 3.05) is 6.61 Å². The lowest BCUT2D eigenvalue weighted by atomic mass is 9.91. The molecule has 46 valence electrons. The van der Waals surface area contributed by atoms with Gasteiger partial charge in [0.25, 0.3) is 0 Å². The molecule has 0 rings (SSSR count). The van der Waals surface area contributed by atoms with Crippen molar-refractivity contribution in [3.63, 3.8) is 0 Å². The molecule has 0 saturated carbocycles. The number of nitrogens with zero attached hydrogens (tertiary/aromatic N) is 1. The topological polar surface area (TPSA) is 44.0 Å². The van der Waals surface area contributed by atoms with Crippen LogP contribution in [0.15, 0.2) is 0 Å². The van der Waals surface area contributed by atoms with Gasteiger partial charge in [0.2, 0.25) is 0 Å². The van der Waals surface area contributed by atoms with Crippen molar-refractivity contribution in [2.45, 2.75) is 20.3 Å². The van der Waals surface area contributed by atoms with Gasteiger partial charge in [0.1, 0.15) is 0 Å². The zero-order valence-electron chi connectivity index (χ0n) is 5.31. The van der Waals surface area contributed by atoms with Gasteiger partial charge in [0, 0.05) is 0 Å². The highest BCUT2D eigenvalue weighted by Gasteiger charge is 2.18. The zero-order valence-corrected chi connectivity index (χ0v) is 5.31. The van der Waals surface area contributed by atoms with Gasteiger partial charge in [-0.25, -0.2) is 0 Å². The van der Waals surface area contributed by atoms with E-state index < -0.39 is 5.41 Å². The van der Waals surface area contributed by atoms with Crippen molar-refractivity contribution in [2.24, 2.45) is 5.41 Å². The van der Waals surface area contributed by atoms with E-state index >= 15 is 0 Å². The molecule has 0 spiro atoms. The summed E-state index contributed by atoms with van der Waals surface area (Å²) >= 11 is 0. The third kappa shape index (κ3) is 1.51. The van der Waals surface area contributed by atoms with Crippen LogP contribution in [0.25, 0.3) is 0 Å². The molecule has 0 radical (unpaired) electrons. The quantitative estimate of drug-likeness (QED) is 0.578. The van der Waals surface area contributed by atoms with Crippen molar-refractivity contribution < 1.29 is 5.11 Å². The smallest absolute Gasteiger partial charge is 0.0773 e. The van der Waals surface area contributed by atoms with Crippen molar-refractivity contribution in [1.29, 1.82) is 5.26 Å². The highest BCUT2D eigenvalue weighted by atomic mass is 16.3. The first kappa shape index (κ1) is 7.45. The molecule has 2 heteroatoms. The number of aliphatic hydroxyl groups excluding tert-OH is 1. The Morgan fingerprint density at radius 2 is 2.25 bits per heavy atom. The number of rotatable bonds is 2. The van der Waals surface area contributed by atoms with Crippen molar-refractivity contribution in [3.8, 4) is 6.07 Å². The summed E-state index contributed by atoms with van der Waals surface area (Å²) in [6.45, 7) is 3.59. The maximum atomic E-state index is 8.56. The van der Waals surface area contributed by atoms with Crippen molar-refractivity contribution in [1.82, 2.24) is 0 Å². The highest BCUT2D eigenvalue weighted by molar-refractivity contribution is 4.93. The van der Waals surface area contributed by atoms with E-state index in [0.717, 1.165) is 0 Å². The molecule has 0 bridgehead atoms. The maximum absolute atomic E-state index is 8.56. The van der Waals surface area contributed by atoms with Crippen LogP contribution < -0.4 is 0 Å². The molecule has 0 aliphatic carbocycles. The van der Waals surface area contributed by atoms with E-state index in [1.165, 1.54) is 0 Å². The summed E-state index contributed by atoms with van der Waals surface area (Å²) in [4.78, 5) is 0. The van der Waals surface area contributed by atoms with Crippen LogP contribution in [0.2, 0.25) is 0 Å². The number of nitriles is 1. The summed E-state index contributed by atoms with van der Waals surface area (Å²) in [5, 5.41) is 16.9. The average molecular weight is 113 g/mol. The lowest BCUT2D eigenvalue weighted by Crippen LogP contribution is -2.16. The molecule has 0 aliphatic heterocycles. The van der Waals surface area contributed by atoms with E-state index in [0.29, 0.717) is 6.42 Å². The van der Waals surface area contributed by atoms with E-state index in [4.69, 9.17) is 10.4 Å². The van der Waals surface area contributed by atoms with Gasteiger partial charge < -0.3 is 5.11 Å². The summed E-state index contributed by atoms with van der Waals surface area (Å²) in [5.74, 6) is 0. The molecular weight excluding hydrogens is 102 g/mol. The highest BCUT2D eigenvalue weighted by Crippen LogP contribution is 2.17. The Balaban J connectivity index is 3.83. The second kappa shape index (κ2) is 2.68. The van der Waals surface area contributed by atoms with Crippen LogP contribution in [0.3, 0.4) is 0 Å². The number of aliphatic hydroxyl groups is 1. The maximum Gasteiger partial charge on any atom is 0.0773 e. The lowest BCUT2D eigenvalue weighted by Gasteiger charge is -2.13. The van der Waals surface area contributed by atoms with Gasteiger partial charge in [-0.2, -0.15) is 5.26 Å². The molecule has 1 atom stereocenters. The van der Waals surface area contributed by atoms with E-state index in [1.807, 2.05) is 13.0 Å². The van der Waals surface area contributed by atoms with Gasteiger partial charge in [-0.3, -0.25) is 0 Å². The molecule has 0 aromatic rings. The van der Waals surface area contributed by atoms with Crippen LogP contribution in [-0.4, -0.2) is 11.7 Å². The Kier molecular flexibility index (Phi) is 2.50. The van der Waals surface area contributed by atoms with E-state index in [-0.39, 0.29) is 6.61 Å². The van der Waals surface area contributed by atoms with Crippen LogP contribution >= 0.6 is 0 Å². The Hall–Kier alpha value is -0.550. The number of hydrogen-bond acceptors (Lipinski definition) is 2. The largest absolute Gasteiger partial charge is 0.395 e. The van der Waals surface area contributed by atoms with Crippen LogP contribution in [0, 0.1) is 16.7 Å². The zero-order chi connectivity index (χ0) is 6.62. The fraction of sp³-hybridized carbons (Fsp3) is 0.833. The Bertz CT molecular complexity index is 99.6. The summed E-state index contributed by atoms with van der Waals surface area (Å²) in [6, 6.07) is 2.03. The second-order valence-electron chi connectivity index (χ2n) is 2.18. The van der Waals surface area contributed by atoms with Gasteiger partial charge in [0.15, 0.2) is 0 Å². The normalized spacial score (nSPS) is 16.8. The van der Waals surface area contributed by atoms with Crippen LogP contribution in [0.4, 0.5) is 0 Å². The third-order valence-electron chi connectivity index (χ3n) is 1.40. The lowest BCUT2D eigenvalue weighted by molar-refractivity contribution is 0.186. The third-order valence-corrected chi connectivity index (χ3v) is 1.40. The molecule has 1 N–H and O–H groups in total. The predicted octanol–water partition coefficient (Wildman–Crippen LogP) is 0.919. The van der Waals surface area contributed by atoms with Crippen molar-refractivity contribution >= 4 is 0 Å². The molecule has 2 nitrogen and oxygen atoms in total. The van der Waals surface area contributed by atoms with Crippen LogP contribution in [0.1, 0.15) is 20.3 Å². The van der Waals surface area contributed by atoms with E-state index in [9.17, 15) is 0 Å². The fourth-order valence-electron chi connectivity index (χ4n) is 0.226. The first-order chi connectivity index (χ1) is 3.68. The molecule has 0 aromatic heterocycles. The predicted molar refractivity (Wildman–Crippen MR) is 31.1 cm³/mol. The Labute approximate surface area is 49.8 Å². The standard InChI is InChI=1S/C6H11NO/c1-3-6(2,4-7)5-8/h8H,3,5H2,1-2H3. The van der Waals surface area contributed by atoms with Gasteiger partial charge >= 0.3 is 0 Å². The Morgan fingerprint density at radius 3 is 2.25 bits per heavy atom. The van der Waals surface area contributed by atoms with Crippen LogP contribution in [0.5, 0.6) is 0 Å². The van der Waals surface area contributed by atoms with Crippen LogP contribution in [-0.2, 0) is 0 Å². The minimum atomic E-state index is -0.514. The van der Waals surface area contributed by atoms with Gasteiger partial charge in [0.05, 0.1) is 18.1 Å². The molecule has 0 aliphatic rings. The summed E-state index contributed by atoms with van der Waals surface area (Å²) in [7, 11) is 0. The molecule has 0 aromatic carbocycles. The van der Waals surface area contributed by atoms with Gasteiger partial charge in [-0.05, 0) is 13.3 Å². The van der Waals surface area contributed by atoms with E-state index in [1.54, 1.807) is 6.92 Å². The van der Waals surface area contributed by atoms with Gasteiger partial charge in [-0.15, -0.1) is 0 Å². The minimum Gasteiger partial charge on any atom is -0.395 e. The van der Waals surface area contributed by atoms with Gasteiger partial charge in [-0.1, -0.05) is 6.92 Å². The fourth-order valence-corrected chi connectivity index (χ4v) is 0.226. The molecule has 0 saturated heterocycles. The minimum absolute atomic E-state index is 0.0417. The first-order valence-corrected chi connectivity index (χ1v) is 2.70. The Morgan fingerprint density at radius 1 is 1.75 bits per heavy atom. The molecule has 0 heterocycles.